The van der Waals surface area contributed by atoms with Gasteiger partial charge in [0.1, 0.15) is 22.9 Å². The molecule has 0 saturated heterocycles. The molecule has 4 rings (SSSR count). The summed E-state index contributed by atoms with van der Waals surface area (Å²) in [7, 11) is -0.914. The Bertz CT molecular complexity index is 1040. The van der Waals surface area contributed by atoms with Crippen molar-refractivity contribution in [1.29, 1.82) is 0 Å². The van der Waals surface area contributed by atoms with Crippen LogP contribution in [0.1, 0.15) is 19.8 Å². The number of benzene rings is 4. The molecule has 0 aliphatic heterocycles. The third kappa shape index (κ3) is 5.31. The minimum absolute atomic E-state index is 0.518. The quantitative estimate of drug-likeness (QED) is 0.225. The zero-order valence-electron chi connectivity index (χ0n) is 20.0. The van der Waals surface area contributed by atoms with Crippen LogP contribution in [0.3, 0.4) is 0 Å². The molecule has 0 aliphatic carbocycles. The molecule has 0 bridgehead atoms. The van der Waals surface area contributed by atoms with Gasteiger partial charge in [0.15, 0.2) is 7.41 Å². The molecule has 0 amide bonds. The second kappa shape index (κ2) is 11.9. The molecule has 0 aliphatic rings. The van der Waals surface area contributed by atoms with E-state index in [1.54, 1.807) is 0 Å². The van der Waals surface area contributed by atoms with Crippen molar-refractivity contribution in [2.24, 2.45) is 0 Å². The lowest BCUT2D eigenvalue weighted by atomic mass is 10.2. The largest absolute Gasteiger partial charge is 0.243 e. The molecule has 0 N–H and O–H groups in total. The fourth-order valence-corrected chi connectivity index (χ4v) is 12.9. The molecule has 0 aromatic heterocycles. The van der Waals surface area contributed by atoms with E-state index in [-0.39, 0.29) is 0 Å². The number of halogens is 1. The van der Waals surface area contributed by atoms with Crippen molar-refractivity contribution in [2.75, 3.05) is 13.2 Å². The zero-order chi connectivity index (χ0) is 23.8. The van der Waals surface area contributed by atoms with Crippen LogP contribution in [0.15, 0.2) is 121 Å². The van der Waals surface area contributed by atoms with E-state index in [1.165, 1.54) is 21.2 Å². The summed E-state index contributed by atoms with van der Waals surface area (Å²) in [5, 5.41) is 5.05. The molecule has 4 aromatic carbocycles. The Morgan fingerprint density at radius 1 is 0.676 bits per heavy atom. The minimum Gasteiger partial charge on any atom is -0.243 e. The number of alkyl halides is 1. The van der Waals surface area contributed by atoms with Crippen LogP contribution in [-0.2, 0) is 0 Å². The fourth-order valence-electron chi connectivity index (χ4n) is 4.63. The van der Waals surface area contributed by atoms with E-state index in [9.17, 15) is 0 Å². The van der Waals surface area contributed by atoms with Gasteiger partial charge in [0, 0.05) is 7.05 Å². The summed E-state index contributed by atoms with van der Waals surface area (Å²) in [5.74, 6) is 0. The fraction of sp³-hybridized carbons (Fsp3) is 0.200. The molecule has 0 radical (unpaired) electrons. The van der Waals surface area contributed by atoms with Crippen LogP contribution < -0.4 is 21.2 Å². The Kier molecular flexibility index (Phi) is 8.63. The number of nitrogens with zero attached hydrogens (tertiary/aromatic N) is 1. The van der Waals surface area contributed by atoms with Crippen molar-refractivity contribution in [3.05, 3.63) is 121 Å². The monoisotopic (exact) mass is 488 g/mol. The minimum atomic E-state index is -2.28. The van der Waals surface area contributed by atoms with Crippen LogP contribution in [0.25, 0.3) is 0 Å². The van der Waals surface area contributed by atoms with Gasteiger partial charge in [0.25, 0.3) is 0 Å². The van der Waals surface area contributed by atoms with Gasteiger partial charge in [-0.05, 0) is 41.3 Å². The highest BCUT2D eigenvalue weighted by Crippen LogP contribution is 2.67. The summed E-state index contributed by atoms with van der Waals surface area (Å²) >= 11 is 0. The molecule has 4 aromatic rings. The topological polar surface area (TPSA) is 3.24 Å². The number of rotatable bonds is 10. The van der Waals surface area contributed by atoms with Gasteiger partial charge in [-0.2, -0.15) is 0 Å². The highest BCUT2D eigenvalue weighted by Gasteiger charge is 2.52. The summed E-state index contributed by atoms with van der Waals surface area (Å²) < 4.78 is 18.3. The van der Waals surface area contributed by atoms with Gasteiger partial charge in [-0.15, -0.1) is 4.44 Å². The number of hydrogen-bond donors (Lipinski definition) is 0. The summed E-state index contributed by atoms with van der Waals surface area (Å²) in [6, 6.07) is 42.8. The molecule has 1 unspecified atom stereocenters. The molecule has 4 heteroatoms. The lowest BCUT2D eigenvalue weighted by Crippen LogP contribution is -2.40. The molecule has 174 valence electrons. The third-order valence-electron chi connectivity index (χ3n) is 6.22. The molecular weight excluding hydrogens is 455 g/mol. The molecule has 0 spiro atoms. The maximum absolute atomic E-state index is 15.7. The highest BCUT2D eigenvalue weighted by molar-refractivity contribution is 7.95. The van der Waals surface area contributed by atoms with Crippen LogP contribution in [0.2, 0.25) is 0 Å². The van der Waals surface area contributed by atoms with E-state index in [0.717, 1.165) is 6.42 Å². The average Bonchev–Trinajstić information content (AvgIpc) is 2.90. The Balaban J connectivity index is 1.97. The van der Waals surface area contributed by atoms with Crippen molar-refractivity contribution in [3.63, 3.8) is 0 Å². The first kappa shape index (κ1) is 24.7. The normalized spacial score (nSPS) is 12.7. The third-order valence-corrected chi connectivity index (χ3v) is 14.0. The second-order valence-electron chi connectivity index (χ2n) is 8.48. The SMILES string of the molecule is CCCC(F)C[P+](c1ccccc1)(c1ccccc1)N(C)P(c1ccccc1)c1ccccc1. The van der Waals surface area contributed by atoms with Crippen LogP contribution in [-0.4, -0.2) is 23.8 Å². The lowest BCUT2D eigenvalue weighted by Gasteiger charge is -2.40. The first-order valence-corrected chi connectivity index (χ1v) is 15.2. The van der Waals surface area contributed by atoms with E-state index < -0.39 is 21.7 Å². The lowest BCUT2D eigenvalue weighted by molar-refractivity contribution is 0.341. The van der Waals surface area contributed by atoms with Crippen LogP contribution in [0.4, 0.5) is 4.39 Å². The second-order valence-corrected chi connectivity index (χ2v) is 14.6. The van der Waals surface area contributed by atoms with Crippen molar-refractivity contribution < 1.29 is 4.39 Å². The average molecular weight is 489 g/mol. The molecule has 1 nitrogen and oxygen atoms in total. The van der Waals surface area contributed by atoms with E-state index in [4.69, 9.17) is 0 Å². The molecule has 0 saturated carbocycles. The van der Waals surface area contributed by atoms with E-state index >= 15 is 4.39 Å². The van der Waals surface area contributed by atoms with Gasteiger partial charge in [0.05, 0.1) is 8.07 Å². The Morgan fingerprint density at radius 2 is 1.06 bits per heavy atom. The van der Waals surface area contributed by atoms with E-state index in [0.29, 0.717) is 12.6 Å². The van der Waals surface area contributed by atoms with Crippen LogP contribution in [0, 0.1) is 0 Å². The molecule has 1 atom stereocenters. The van der Waals surface area contributed by atoms with Crippen molar-refractivity contribution in [2.45, 2.75) is 25.9 Å². The first-order valence-electron chi connectivity index (χ1n) is 11.9. The van der Waals surface area contributed by atoms with Gasteiger partial charge < -0.3 is 0 Å². The predicted octanol–water partition coefficient (Wildman–Crippen LogP) is 6.69. The Hall–Kier alpha value is -2.37. The standard InChI is InChI=1S/C30H33FNP2/c1-3-16-26(31)25-34(29-21-12-6-13-22-29,30-23-14-7-15-24-30)32(2)33(27-17-8-4-9-18-27)28-19-10-5-11-20-28/h4-15,17-24,26H,3,16,25H2,1-2H3/q+1. The zero-order valence-corrected chi connectivity index (χ0v) is 21.8. The van der Waals surface area contributed by atoms with Gasteiger partial charge in [-0.3, -0.25) is 0 Å². The maximum Gasteiger partial charge on any atom is 0.155 e. The first-order chi connectivity index (χ1) is 16.7. The van der Waals surface area contributed by atoms with Gasteiger partial charge in [-0.1, -0.05) is 110 Å². The smallest absolute Gasteiger partial charge is 0.155 e. The maximum atomic E-state index is 15.7. The number of hydrogen-bond acceptors (Lipinski definition) is 1. The molecule has 34 heavy (non-hydrogen) atoms. The van der Waals surface area contributed by atoms with E-state index in [2.05, 4.69) is 140 Å². The molecule has 0 heterocycles. The predicted molar refractivity (Wildman–Crippen MR) is 151 cm³/mol. The van der Waals surface area contributed by atoms with Crippen molar-refractivity contribution >= 4 is 36.7 Å². The highest BCUT2D eigenvalue weighted by atomic mass is 31.2. The Morgan fingerprint density at radius 3 is 1.44 bits per heavy atom. The van der Waals surface area contributed by atoms with Crippen LogP contribution in [0.5, 0.6) is 0 Å². The summed E-state index contributed by atoms with van der Waals surface area (Å²) in [4.78, 5) is 0. The van der Waals surface area contributed by atoms with Crippen molar-refractivity contribution in [1.82, 2.24) is 4.44 Å². The summed E-state index contributed by atoms with van der Waals surface area (Å²) in [6.45, 7) is 2.07. The van der Waals surface area contributed by atoms with Crippen molar-refractivity contribution in [3.8, 4) is 0 Å². The summed E-state index contributed by atoms with van der Waals surface area (Å²) in [5.41, 5.74) is 0. The van der Waals surface area contributed by atoms with Gasteiger partial charge in [-0.25, -0.2) is 4.39 Å². The van der Waals surface area contributed by atoms with Crippen LogP contribution >= 0.6 is 15.5 Å². The summed E-state index contributed by atoms with van der Waals surface area (Å²) in [6.07, 6.45) is 1.10. The van der Waals surface area contributed by atoms with E-state index in [1.807, 2.05) is 0 Å². The molecule has 0 fully saturated rings. The van der Waals surface area contributed by atoms with Gasteiger partial charge in [0.2, 0.25) is 0 Å². The Labute approximate surface area is 205 Å². The molecular formula is C30H33FNP2+. The van der Waals surface area contributed by atoms with Gasteiger partial charge >= 0.3 is 0 Å².